The average molecular weight is 448 g/mol. The number of carbonyl (C=O) groups is 2. The average Bonchev–Trinajstić information content (AvgIpc) is 3.22. The molecule has 33 heavy (non-hydrogen) atoms. The van der Waals surface area contributed by atoms with Crippen molar-refractivity contribution in [1.29, 1.82) is 0 Å². The Balaban J connectivity index is 1.71. The Morgan fingerprint density at radius 2 is 1.48 bits per heavy atom. The number of furan rings is 1. The van der Waals surface area contributed by atoms with Gasteiger partial charge in [-0.3, -0.25) is 4.79 Å². The lowest BCUT2D eigenvalue weighted by molar-refractivity contribution is -0.133. The predicted molar refractivity (Wildman–Crippen MR) is 129 cm³/mol. The summed E-state index contributed by atoms with van der Waals surface area (Å²) in [6.07, 6.45) is 0. The zero-order chi connectivity index (χ0) is 23.6. The van der Waals surface area contributed by atoms with Crippen LogP contribution in [0.5, 0.6) is 0 Å². The fourth-order valence-electron chi connectivity index (χ4n) is 3.60. The van der Waals surface area contributed by atoms with Crippen molar-refractivity contribution >= 4 is 11.9 Å². The number of urea groups is 1. The second-order valence-electron chi connectivity index (χ2n) is 8.67. The van der Waals surface area contributed by atoms with E-state index in [1.807, 2.05) is 93.6 Å². The molecule has 3 aromatic rings. The zero-order valence-electron chi connectivity index (χ0n) is 19.7. The van der Waals surface area contributed by atoms with Crippen LogP contribution in [0.25, 0.3) is 0 Å². The Bertz CT molecular complexity index is 1020. The van der Waals surface area contributed by atoms with E-state index in [1.54, 1.807) is 9.80 Å². The zero-order valence-corrected chi connectivity index (χ0v) is 19.7. The van der Waals surface area contributed by atoms with E-state index >= 15 is 0 Å². The summed E-state index contributed by atoms with van der Waals surface area (Å²) in [4.78, 5) is 29.7. The maximum atomic E-state index is 13.4. The summed E-state index contributed by atoms with van der Waals surface area (Å²) in [6, 6.07) is 23.1. The lowest BCUT2D eigenvalue weighted by Gasteiger charge is -2.28. The quantitative estimate of drug-likeness (QED) is 0.476. The van der Waals surface area contributed by atoms with Crippen molar-refractivity contribution in [2.24, 2.45) is 5.92 Å². The van der Waals surface area contributed by atoms with Crippen molar-refractivity contribution in [3.8, 4) is 0 Å². The molecule has 0 spiro atoms. The highest BCUT2D eigenvalue weighted by molar-refractivity contribution is 5.84. The van der Waals surface area contributed by atoms with Gasteiger partial charge in [0.1, 0.15) is 18.1 Å². The second-order valence-corrected chi connectivity index (χ2v) is 8.67. The van der Waals surface area contributed by atoms with Crippen LogP contribution in [-0.2, 0) is 24.4 Å². The normalized spacial score (nSPS) is 10.8. The van der Waals surface area contributed by atoms with Crippen molar-refractivity contribution < 1.29 is 14.0 Å². The first kappa shape index (κ1) is 24.1. The summed E-state index contributed by atoms with van der Waals surface area (Å²) in [7, 11) is 0. The molecule has 0 aliphatic rings. The molecule has 0 bridgehead atoms. The number of benzene rings is 2. The summed E-state index contributed by atoms with van der Waals surface area (Å²) in [6.45, 7) is 7.67. The third-order valence-corrected chi connectivity index (χ3v) is 5.20. The Morgan fingerprint density at radius 1 is 0.848 bits per heavy atom. The summed E-state index contributed by atoms with van der Waals surface area (Å²) in [5.74, 6) is 1.64. The summed E-state index contributed by atoms with van der Waals surface area (Å²) in [5, 5.41) is 2.95. The molecule has 0 aliphatic heterocycles. The smallest absolute Gasteiger partial charge is 0.318 e. The van der Waals surface area contributed by atoms with Crippen molar-refractivity contribution in [2.45, 2.75) is 40.4 Å². The first-order valence-corrected chi connectivity index (χ1v) is 11.3. The summed E-state index contributed by atoms with van der Waals surface area (Å²) >= 11 is 0. The van der Waals surface area contributed by atoms with Gasteiger partial charge >= 0.3 is 6.03 Å². The molecule has 1 aromatic heterocycles. The maximum Gasteiger partial charge on any atom is 0.318 e. The molecule has 0 radical (unpaired) electrons. The van der Waals surface area contributed by atoms with E-state index in [9.17, 15) is 9.59 Å². The van der Waals surface area contributed by atoms with Gasteiger partial charge in [0.15, 0.2) is 0 Å². The summed E-state index contributed by atoms with van der Waals surface area (Å²) < 4.78 is 5.72. The molecule has 0 saturated carbocycles. The Hall–Kier alpha value is -3.54. The number of hydrogen-bond donors (Lipinski definition) is 1. The van der Waals surface area contributed by atoms with Gasteiger partial charge in [0.05, 0.1) is 6.54 Å². The number of aryl methyl sites for hydroxylation is 1. The minimum atomic E-state index is -0.241. The Kier molecular flexibility index (Phi) is 8.70. The molecular formula is C27H33N3O3. The van der Waals surface area contributed by atoms with E-state index in [1.165, 1.54) is 0 Å². The molecule has 0 aliphatic carbocycles. The largest absolute Gasteiger partial charge is 0.464 e. The topological polar surface area (TPSA) is 65.8 Å². The fraction of sp³-hybridized carbons (Fsp3) is 0.333. The van der Waals surface area contributed by atoms with Gasteiger partial charge in [-0.25, -0.2) is 4.79 Å². The molecule has 6 nitrogen and oxygen atoms in total. The third kappa shape index (κ3) is 7.83. The lowest BCUT2D eigenvalue weighted by atomic mass is 10.2. The number of hydrogen-bond acceptors (Lipinski definition) is 3. The first-order chi connectivity index (χ1) is 15.9. The molecule has 174 valence electrons. The van der Waals surface area contributed by atoms with Crippen LogP contribution in [0.15, 0.2) is 77.2 Å². The fourth-order valence-corrected chi connectivity index (χ4v) is 3.60. The molecule has 2 aromatic carbocycles. The van der Waals surface area contributed by atoms with E-state index in [0.29, 0.717) is 26.2 Å². The third-order valence-electron chi connectivity index (χ3n) is 5.20. The van der Waals surface area contributed by atoms with Gasteiger partial charge in [0.25, 0.3) is 0 Å². The van der Waals surface area contributed by atoms with Crippen molar-refractivity contribution in [2.75, 3.05) is 13.1 Å². The number of carbonyl (C=O) groups excluding carboxylic acids is 2. The van der Waals surface area contributed by atoms with Gasteiger partial charge in [-0.1, -0.05) is 74.5 Å². The van der Waals surface area contributed by atoms with Gasteiger partial charge in [-0.2, -0.15) is 0 Å². The second kappa shape index (κ2) is 11.9. The van der Waals surface area contributed by atoms with Crippen LogP contribution in [0.2, 0.25) is 0 Å². The molecule has 0 unspecified atom stereocenters. The molecule has 0 saturated heterocycles. The van der Waals surface area contributed by atoms with Crippen molar-refractivity contribution in [3.63, 3.8) is 0 Å². The van der Waals surface area contributed by atoms with E-state index in [2.05, 4.69) is 5.32 Å². The first-order valence-electron chi connectivity index (χ1n) is 11.3. The van der Waals surface area contributed by atoms with E-state index in [0.717, 1.165) is 22.6 Å². The number of nitrogens with zero attached hydrogens (tertiary/aromatic N) is 2. The number of nitrogens with one attached hydrogen (secondary N) is 1. The molecular weight excluding hydrogens is 414 g/mol. The van der Waals surface area contributed by atoms with Crippen LogP contribution in [0.4, 0.5) is 4.79 Å². The lowest BCUT2D eigenvalue weighted by Crippen LogP contribution is -2.47. The van der Waals surface area contributed by atoms with E-state index in [4.69, 9.17) is 4.42 Å². The predicted octanol–water partition coefficient (Wildman–Crippen LogP) is 4.98. The molecule has 3 amide bonds. The standard InChI is InChI=1S/C27H33N3O3/c1-21(2)17-30(27(32)28-16-23-10-6-4-7-11-23)20-26(31)29(18-24-12-8-5-9-13-24)19-25-15-14-22(3)33-25/h4-15,21H,16-20H2,1-3H3,(H,28,32). The molecule has 1 heterocycles. The van der Waals surface area contributed by atoms with Gasteiger partial charge in [-0.05, 0) is 36.1 Å². The van der Waals surface area contributed by atoms with Gasteiger partial charge in [0.2, 0.25) is 5.91 Å². The number of amides is 3. The van der Waals surface area contributed by atoms with Crippen LogP contribution >= 0.6 is 0 Å². The van der Waals surface area contributed by atoms with Gasteiger partial charge in [0, 0.05) is 19.6 Å². The molecule has 0 atom stereocenters. The van der Waals surface area contributed by atoms with Crippen LogP contribution in [0.3, 0.4) is 0 Å². The monoisotopic (exact) mass is 447 g/mol. The number of rotatable bonds is 10. The molecule has 6 heteroatoms. The van der Waals surface area contributed by atoms with Gasteiger partial charge in [-0.15, -0.1) is 0 Å². The maximum absolute atomic E-state index is 13.4. The van der Waals surface area contributed by atoms with Crippen LogP contribution in [0, 0.1) is 12.8 Å². The van der Waals surface area contributed by atoms with Crippen LogP contribution < -0.4 is 5.32 Å². The minimum absolute atomic E-state index is 0.00529. The van der Waals surface area contributed by atoms with Crippen LogP contribution in [0.1, 0.15) is 36.5 Å². The SMILES string of the molecule is Cc1ccc(CN(Cc2ccccc2)C(=O)CN(CC(C)C)C(=O)NCc2ccccc2)o1. The van der Waals surface area contributed by atoms with E-state index < -0.39 is 0 Å². The minimum Gasteiger partial charge on any atom is -0.464 e. The van der Waals surface area contributed by atoms with Crippen LogP contribution in [-0.4, -0.2) is 34.8 Å². The summed E-state index contributed by atoms with van der Waals surface area (Å²) in [5.41, 5.74) is 2.04. The molecule has 3 rings (SSSR count). The van der Waals surface area contributed by atoms with Crippen molar-refractivity contribution in [1.82, 2.24) is 15.1 Å². The molecule has 0 fully saturated rings. The Morgan fingerprint density at radius 3 is 2.06 bits per heavy atom. The highest BCUT2D eigenvalue weighted by atomic mass is 16.3. The van der Waals surface area contributed by atoms with E-state index in [-0.39, 0.29) is 24.4 Å². The van der Waals surface area contributed by atoms with Gasteiger partial charge < -0.3 is 19.5 Å². The highest BCUT2D eigenvalue weighted by Crippen LogP contribution is 2.14. The highest BCUT2D eigenvalue weighted by Gasteiger charge is 2.23. The molecule has 1 N–H and O–H groups in total. The van der Waals surface area contributed by atoms with Crippen molar-refractivity contribution in [3.05, 3.63) is 95.4 Å². The Labute approximate surface area is 196 Å².